The summed E-state index contributed by atoms with van der Waals surface area (Å²) in [6.45, 7) is 7.20. The molecule has 1 saturated heterocycles. The van der Waals surface area contributed by atoms with Gasteiger partial charge >= 0.3 is 0 Å². The van der Waals surface area contributed by atoms with Crippen molar-refractivity contribution in [3.05, 3.63) is 47.4 Å². The van der Waals surface area contributed by atoms with Gasteiger partial charge in [0.1, 0.15) is 12.1 Å². The lowest BCUT2D eigenvalue weighted by Crippen LogP contribution is -2.34. The van der Waals surface area contributed by atoms with Crippen LogP contribution in [-0.4, -0.2) is 39.2 Å². The van der Waals surface area contributed by atoms with Crippen molar-refractivity contribution in [2.24, 2.45) is 0 Å². The molecule has 0 unspecified atom stereocenters. The van der Waals surface area contributed by atoms with Crippen molar-refractivity contribution >= 4 is 17.3 Å². The molecular weight excluding hydrogens is 300 g/mol. The minimum Gasteiger partial charge on any atom is -0.384 e. The maximum absolute atomic E-state index is 4.54. The van der Waals surface area contributed by atoms with Crippen LogP contribution in [0.5, 0.6) is 0 Å². The molecule has 3 aromatic rings. The minimum atomic E-state index is 0.188. The number of fused-ring (bicyclic) bond motifs is 3. The van der Waals surface area contributed by atoms with E-state index in [-0.39, 0.29) is 5.41 Å². The molecule has 1 spiro atoms. The number of aryl methyl sites for hydroxylation is 1. The van der Waals surface area contributed by atoms with Gasteiger partial charge in [-0.05, 0) is 31.9 Å². The first-order valence-corrected chi connectivity index (χ1v) is 8.43. The molecule has 6 nitrogen and oxygen atoms in total. The van der Waals surface area contributed by atoms with Crippen LogP contribution in [0.4, 0.5) is 11.5 Å². The van der Waals surface area contributed by atoms with Crippen molar-refractivity contribution in [3.8, 4) is 0 Å². The molecule has 0 saturated carbocycles. The van der Waals surface area contributed by atoms with E-state index in [4.69, 9.17) is 0 Å². The molecule has 5 rings (SSSR count). The van der Waals surface area contributed by atoms with Crippen molar-refractivity contribution in [1.82, 2.24) is 19.6 Å². The Morgan fingerprint density at radius 3 is 3.00 bits per heavy atom. The van der Waals surface area contributed by atoms with E-state index in [1.165, 1.54) is 16.8 Å². The summed E-state index contributed by atoms with van der Waals surface area (Å²) >= 11 is 0. The average molecular weight is 320 g/mol. The molecule has 2 aliphatic heterocycles. The molecule has 1 N–H and O–H groups in total. The molecule has 0 amide bonds. The van der Waals surface area contributed by atoms with E-state index in [0.29, 0.717) is 5.78 Å². The number of anilines is 2. The lowest BCUT2D eigenvalue weighted by atomic mass is 9.82. The molecular formula is C18H20N6. The van der Waals surface area contributed by atoms with Crippen LogP contribution in [0, 0.1) is 13.8 Å². The highest BCUT2D eigenvalue weighted by Gasteiger charge is 2.45. The van der Waals surface area contributed by atoms with Crippen molar-refractivity contribution in [1.29, 1.82) is 0 Å². The molecule has 0 bridgehead atoms. The van der Waals surface area contributed by atoms with Crippen LogP contribution < -0.4 is 10.2 Å². The number of nitrogens with one attached hydrogen (secondary N) is 1. The summed E-state index contributed by atoms with van der Waals surface area (Å²) < 4.78 is 1.88. The predicted molar refractivity (Wildman–Crippen MR) is 93.7 cm³/mol. The zero-order chi connectivity index (χ0) is 16.3. The Kier molecular flexibility index (Phi) is 2.69. The number of hydrogen-bond donors (Lipinski definition) is 1. The van der Waals surface area contributed by atoms with Crippen LogP contribution >= 0.6 is 0 Å². The molecule has 0 radical (unpaired) electrons. The third-order valence-electron chi connectivity index (χ3n) is 5.65. The fourth-order valence-corrected chi connectivity index (χ4v) is 4.26. The minimum absolute atomic E-state index is 0.188. The van der Waals surface area contributed by atoms with Crippen molar-refractivity contribution in [3.63, 3.8) is 0 Å². The molecule has 1 atom stereocenters. The van der Waals surface area contributed by atoms with Gasteiger partial charge in [-0.2, -0.15) is 14.6 Å². The van der Waals surface area contributed by atoms with Gasteiger partial charge in [-0.15, -0.1) is 0 Å². The summed E-state index contributed by atoms with van der Waals surface area (Å²) in [6, 6.07) is 8.71. The Labute approximate surface area is 140 Å². The quantitative estimate of drug-likeness (QED) is 0.746. The first-order valence-electron chi connectivity index (χ1n) is 8.43. The van der Waals surface area contributed by atoms with Gasteiger partial charge in [-0.3, -0.25) is 0 Å². The van der Waals surface area contributed by atoms with Gasteiger partial charge in [0.15, 0.2) is 0 Å². The first kappa shape index (κ1) is 13.8. The number of aromatic nitrogens is 4. The Bertz CT molecular complexity index is 946. The number of rotatable bonds is 1. The number of benzene rings is 1. The predicted octanol–water partition coefficient (Wildman–Crippen LogP) is 2.31. The second-order valence-corrected chi connectivity index (χ2v) is 6.97. The zero-order valence-electron chi connectivity index (χ0n) is 14.0. The zero-order valence-corrected chi connectivity index (χ0v) is 14.0. The summed E-state index contributed by atoms with van der Waals surface area (Å²) in [5, 5.41) is 8.00. The third kappa shape index (κ3) is 1.74. The standard InChI is InChI=1S/C18H20N6/c1-12-13(2)22-17-20-11-21-24(17)16(12)23-8-7-18(10-23)9-19-15-6-4-3-5-14(15)18/h3-6,11,19H,7-10H2,1-2H3/t18-/m0/s1. The van der Waals surface area contributed by atoms with E-state index in [1.807, 2.05) is 11.4 Å². The average Bonchev–Trinajstić information content (AvgIpc) is 3.30. The first-order chi connectivity index (χ1) is 11.7. The highest BCUT2D eigenvalue weighted by Crippen LogP contribution is 2.44. The molecule has 1 aromatic carbocycles. The monoisotopic (exact) mass is 320 g/mol. The lowest BCUT2D eigenvalue weighted by Gasteiger charge is -2.26. The molecule has 0 aliphatic carbocycles. The van der Waals surface area contributed by atoms with Crippen molar-refractivity contribution in [2.45, 2.75) is 25.7 Å². The molecule has 2 aromatic heterocycles. The van der Waals surface area contributed by atoms with Gasteiger partial charge in [0.25, 0.3) is 5.78 Å². The molecule has 4 heterocycles. The van der Waals surface area contributed by atoms with Gasteiger partial charge in [0.2, 0.25) is 0 Å². The normalized spacial score (nSPS) is 22.3. The van der Waals surface area contributed by atoms with Crippen molar-refractivity contribution in [2.75, 3.05) is 29.9 Å². The maximum atomic E-state index is 4.54. The summed E-state index contributed by atoms with van der Waals surface area (Å²) in [7, 11) is 0. The van der Waals surface area contributed by atoms with E-state index in [1.54, 1.807) is 6.33 Å². The van der Waals surface area contributed by atoms with E-state index in [9.17, 15) is 0 Å². The summed E-state index contributed by atoms with van der Waals surface area (Å²) in [4.78, 5) is 11.3. The lowest BCUT2D eigenvalue weighted by molar-refractivity contribution is 0.527. The summed E-state index contributed by atoms with van der Waals surface area (Å²) in [5.41, 5.74) is 5.13. The fraction of sp³-hybridized carbons (Fsp3) is 0.389. The smallest absolute Gasteiger partial charge is 0.254 e. The Hall–Kier alpha value is -2.63. The topological polar surface area (TPSA) is 58.4 Å². The van der Waals surface area contributed by atoms with Gasteiger partial charge in [0.05, 0.1) is 0 Å². The van der Waals surface area contributed by atoms with E-state index >= 15 is 0 Å². The highest BCUT2D eigenvalue weighted by atomic mass is 15.4. The van der Waals surface area contributed by atoms with Crippen LogP contribution in [0.2, 0.25) is 0 Å². The van der Waals surface area contributed by atoms with Gasteiger partial charge in [0, 0.05) is 42.0 Å². The second kappa shape index (κ2) is 4.69. The number of nitrogens with zero attached hydrogens (tertiary/aromatic N) is 5. The Morgan fingerprint density at radius 2 is 2.08 bits per heavy atom. The number of hydrogen-bond acceptors (Lipinski definition) is 5. The van der Waals surface area contributed by atoms with Gasteiger partial charge in [-0.1, -0.05) is 18.2 Å². The molecule has 2 aliphatic rings. The highest BCUT2D eigenvalue weighted by molar-refractivity contribution is 5.63. The van der Waals surface area contributed by atoms with Gasteiger partial charge < -0.3 is 10.2 Å². The second-order valence-electron chi connectivity index (χ2n) is 6.97. The van der Waals surface area contributed by atoms with Crippen LogP contribution in [0.15, 0.2) is 30.6 Å². The number of para-hydroxylation sites is 1. The van der Waals surface area contributed by atoms with Crippen LogP contribution in [0.1, 0.15) is 23.2 Å². The Balaban J connectivity index is 1.60. The Morgan fingerprint density at radius 1 is 1.21 bits per heavy atom. The maximum Gasteiger partial charge on any atom is 0.254 e. The summed E-state index contributed by atoms with van der Waals surface area (Å²) in [5.74, 6) is 1.82. The molecule has 24 heavy (non-hydrogen) atoms. The molecule has 6 heteroatoms. The van der Waals surface area contributed by atoms with Crippen LogP contribution in [-0.2, 0) is 5.41 Å². The van der Waals surface area contributed by atoms with Crippen LogP contribution in [0.25, 0.3) is 5.78 Å². The summed E-state index contributed by atoms with van der Waals surface area (Å²) in [6.07, 6.45) is 2.73. The van der Waals surface area contributed by atoms with E-state index in [2.05, 4.69) is 56.5 Å². The molecule has 122 valence electrons. The van der Waals surface area contributed by atoms with E-state index < -0.39 is 0 Å². The largest absolute Gasteiger partial charge is 0.384 e. The SMILES string of the molecule is Cc1nc2ncnn2c(N2CC[C@]3(CNc4ccccc43)C2)c1C. The third-order valence-corrected chi connectivity index (χ3v) is 5.65. The van der Waals surface area contributed by atoms with Crippen LogP contribution in [0.3, 0.4) is 0 Å². The van der Waals surface area contributed by atoms with Gasteiger partial charge in [-0.25, -0.2) is 4.98 Å². The van der Waals surface area contributed by atoms with E-state index in [0.717, 1.165) is 37.6 Å². The molecule has 1 fully saturated rings. The fourth-order valence-electron chi connectivity index (χ4n) is 4.26. The van der Waals surface area contributed by atoms with Crippen molar-refractivity contribution < 1.29 is 0 Å².